The summed E-state index contributed by atoms with van der Waals surface area (Å²) < 4.78 is 4.74. The van der Waals surface area contributed by atoms with Crippen LogP contribution in [0, 0.1) is 6.92 Å². The minimum absolute atomic E-state index is 0.371. The second kappa shape index (κ2) is 5.65. The lowest BCUT2D eigenvalue weighted by molar-refractivity contribution is 0.0601. The summed E-state index contributed by atoms with van der Waals surface area (Å²) in [5, 5.41) is 0. The molecule has 2 aromatic carbocycles. The van der Waals surface area contributed by atoms with Crippen LogP contribution in [0.15, 0.2) is 42.5 Å². The molecular formula is C16H18N2O2. The first kappa shape index (κ1) is 13.9. The quantitative estimate of drug-likeness (QED) is 0.687. The van der Waals surface area contributed by atoms with Crippen molar-refractivity contribution < 1.29 is 9.53 Å². The standard InChI is InChI=1S/C16H18N2O2/c1-11-5-4-6-13(9-11)18(2)15-10-12(16(19)20-3)7-8-14(15)17/h4-10H,17H2,1-3H3. The van der Waals surface area contributed by atoms with Gasteiger partial charge in [-0.3, -0.25) is 0 Å². The Balaban J connectivity index is 2.43. The largest absolute Gasteiger partial charge is 0.465 e. The Labute approximate surface area is 118 Å². The minimum Gasteiger partial charge on any atom is -0.465 e. The molecule has 2 rings (SSSR count). The number of aryl methyl sites for hydroxylation is 1. The lowest BCUT2D eigenvalue weighted by Crippen LogP contribution is -2.13. The molecule has 2 N–H and O–H groups in total. The van der Waals surface area contributed by atoms with Crippen LogP contribution < -0.4 is 10.6 Å². The maximum Gasteiger partial charge on any atom is 0.337 e. The topological polar surface area (TPSA) is 55.6 Å². The first-order valence-electron chi connectivity index (χ1n) is 6.31. The van der Waals surface area contributed by atoms with Gasteiger partial charge in [0.15, 0.2) is 0 Å². The van der Waals surface area contributed by atoms with Crippen LogP contribution in [0.3, 0.4) is 0 Å². The van der Waals surface area contributed by atoms with Gasteiger partial charge in [-0.15, -0.1) is 0 Å². The zero-order valence-corrected chi connectivity index (χ0v) is 11.9. The maximum atomic E-state index is 11.6. The van der Waals surface area contributed by atoms with Gasteiger partial charge in [0, 0.05) is 12.7 Å². The van der Waals surface area contributed by atoms with Crippen molar-refractivity contribution in [3.8, 4) is 0 Å². The zero-order valence-electron chi connectivity index (χ0n) is 11.9. The highest BCUT2D eigenvalue weighted by Crippen LogP contribution is 2.30. The van der Waals surface area contributed by atoms with Gasteiger partial charge in [-0.1, -0.05) is 12.1 Å². The third-order valence-electron chi connectivity index (χ3n) is 3.20. The van der Waals surface area contributed by atoms with E-state index in [4.69, 9.17) is 10.5 Å². The van der Waals surface area contributed by atoms with E-state index in [0.29, 0.717) is 11.3 Å². The molecule has 0 aromatic heterocycles. The van der Waals surface area contributed by atoms with E-state index in [9.17, 15) is 4.79 Å². The molecular weight excluding hydrogens is 252 g/mol. The van der Waals surface area contributed by atoms with Crippen LogP contribution in [0.5, 0.6) is 0 Å². The van der Waals surface area contributed by atoms with Gasteiger partial charge in [0.1, 0.15) is 0 Å². The van der Waals surface area contributed by atoms with E-state index in [1.807, 2.05) is 37.1 Å². The summed E-state index contributed by atoms with van der Waals surface area (Å²) in [6.45, 7) is 2.03. The molecule has 20 heavy (non-hydrogen) atoms. The van der Waals surface area contributed by atoms with E-state index in [1.54, 1.807) is 18.2 Å². The van der Waals surface area contributed by atoms with Gasteiger partial charge in [0.05, 0.1) is 24.0 Å². The molecule has 0 aliphatic rings. The molecule has 0 saturated heterocycles. The Kier molecular flexibility index (Phi) is 3.94. The van der Waals surface area contributed by atoms with E-state index in [-0.39, 0.29) is 5.97 Å². The van der Waals surface area contributed by atoms with Crippen LogP contribution in [-0.2, 0) is 4.74 Å². The number of nitrogen functional groups attached to an aromatic ring is 1. The normalized spacial score (nSPS) is 10.2. The van der Waals surface area contributed by atoms with Gasteiger partial charge in [-0.25, -0.2) is 4.79 Å². The highest BCUT2D eigenvalue weighted by atomic mass is 16.5. The van der Waals surface area contributed by atoms with Crippen LogP contribution >= 0.6 is 0 Å². The number of benzene rings is 2. The molecule has 0 heterocycles. The SMILES string of the molecule is COC(=O)c1ccc(N)c(N(C)c2cccc(C)c2)c1. The van der Waals surface area contributed by atoms with Crippen molar-refractivity contribution in [2.75, 3.05) is 24.8 Å². The Morgan fingerprint density at radius 2 is 1.95 bits per heavy atom. The van der Waals surface area contributed by atoms with Gasteiger partial charge in [-0.05, 0) is 42.8 Å². The van der Waals surface area contributed by atoms with Crippen molar-refractivity contribution >= 4 is 23.0 Å². The van der Waals surface area contributed by atoms with Crippen LogP contribution in [-0.4, -0.2) is 20.1 Å². The number of methoxy groups -OCH3 is 1. The Bertz CT molecular complexity index is 638. The Morgan fingerprint density at radius 3 is 2.60 bits per heavy atom. The van der Waals surface area contributed by atoms with Crippen molar-refractivity contribution in [3.05, 3.63) is 53.6 Å². The highest BCUT2D eigenvalue weighted by molar-refractivity contribution is 5.92. The van der Waals surface area contributed by atoms with Crippen molar-refractivity contribution in [3.63, 3.8) is 0 Å². The van der Waals surface area contributed by atoms with Crippen molar-refractivity contribution in [2.24, 2.45) is 0 Å². The summed E-state index contributed by atoms with van der Waals surface area (Å²) in [5.74, 6) is -0.371. The number of ether oxygens (including phenoxy) is 1. The lowest BCUT2D eigenvalue weighted by Gasteiger charge is -2.22. The van der Waals surface area contributed by atoms with E-state index >= 15 is 0 Å². The number of hydrogen-bond donors (Lipinski definition) is 1. The number of nitrogens with zero attached hydrogens (tertiary/aromatic N) is 1. The summed E-state index contributed by atoms with van der Waals surface area (Å²) >= 11 is 0. The second-order valence-corrected chi connectivity index (χ2v) is 4.66. The van der Waals surface area contributed by atoms with Crippen LogP contribution in [0.1, 0.15) is 15.9 Å². The average Bonchev–Trinajstić information content (AvgIpc) is 2.46. The number of anilines is 3. The molecule has 0 aliphatic carbocycles. The van der Waals surface area contributed by atoms with Gasteiger partial charge in [0.25, 0.3) is 0 Å². The molecule has 2 aromatic rings. The number of carbonyl (C=O) groups excluding carboxylic acids is 1. The number of nitrogens with two attached hydrogens (primary N) is 1. The van der Waals surface area contributed by atoms with Crippen molar-refractivity contribution in [2.45, 2.75) is 6.92 Å². The maximum absolute atomic E-state index is 11.6. The molecule has 0 unspecified atom stereocenters. The molecule has 0 radical (unpaired) electrons. The van der Waals surface area contributed by atoms with E-state index in [0.717, 1.165) is 16.9 Å². The molecule has 0 spiro atoms. The first-order valence-corrected chi connectivity index (χ1v) is 6.31. The molecule has 4 heteroatoms. The number of carbonyl (C=O) groups is 1. The van der Waals surface area contributed by atoms with Crippen LogP contribution in [0.2, 0.25) is 0 Å². The summed E-state index contributed by atoms with van der Waals surface area (Å²) in [4.78, 5) is 13.6. The molecule has 0 bridgehead atoms. The van der Waals surface area contributed by atoms with Crippen molar-refractivity contribution in [1.29, 1.82) is 0 Å². The van der Waals surface area contributed by atoms with Gasteiger partial charge < -0.3 is 15.4 Å². The lowest BCUT2D eigenvalue weighted by atomic mass is 10.1. The van der Waals surface area contributed by atoms with Gasteiger partial charge >= 0.3 is 5.97 Å². The summed E-state index contributed by atoms with van der Waals surface area (Å²) in [7, 11) is 3.28. The smallest absolute Gasteiger partial charge is 0.337 e. The molecule has 104 valence electrons. The average molecular weight is 270 g/mol. The number of rotatable bonds is 3. The number of esters is 1. The summed E-state index contributed by atoms with van der Waals surface area (Å²) in [5.41, 5.74) is 10.1. The first-order chi connectivity index (χ1) is 9.52. The highest BCUT2D eigenvalue weighted by Gasteiger charge is 2.12. The predicted molar refractivity (Wildman–Crippen MR) is 81.4 cm³/mol. The summed E-state index contributed by atoms with van der Waals surface area (Å²) in [6, 6.07) is 13.2. The molecule has 0 atom stereocenters. The fraction of sp³-hybridized carbons (Fsp3) is 0.188. The Hall–Kier alpha value is -2.49. The van der Waals surface area contributed by atoms with E-state index in [1.165, 1.54) is 7.11 Å². The summed E-state index contributed by atoms with van der Waals surface area (Å²) in [6.07, 6.45) is 0. The fourth-order valence-electron chi connectivity index (χ4n) is 2.05. The predicted octanol–water partition coefficient (Wildman–Crippen LogP) is 3.13. The van der Waals surface area contributed by atoms with Crippen LogP contribution in [0.4, 0.5) is 17.1 Å². The minimum atomic E-state index is -0.371. The molecule has 0 aliphatic heterocycles. The van der Waals surface area contributed by atoms with Gasteiger partial charge in [-0.2, -0.15) is 0 Å². The van der Waals surface area contributed by atoms with Crippen LogP contribution in [0.25, 0.3) is 0 Å². The third-order valence-corrected chi connectivity index (χ3v) is 3.20. The third kappa shape index (κ3) is 2.74. The zero-order chi connectivity index (χ0) is 14.7. The van der Waals surface area contributed by atoms with E-state index < -0.39 is 0 Å². The Morgan fingerprint density at radius 1 is 1.20 bits per heavy atom. The molecule has 0 amide bonds. The van der Waals surface area contributed by atoms with Crippen molar-refractivity contribution in [1.82, 2.24) is 0 Å². The number of hydrogen-bond acceptors (Lipinski definition) is 4. The van der Waals surface area contributed by atoms with E-state index in [2.05, 4.69) is 6.07 Å². The molecule has 4 nitrogen and oxygen atoms in total. The molecule has 0 saturated carbocycles. The monoisotopic (exact) mass is 270 g/mol. The fourth-order valence-corrected chi connectivity index (χ4v) is 2.05. The van der Waals surface area contributed by atoms with Gasteiger partial charge in [0.2, 0.25) is 0 Å². The molecule has 0 fully saturated rings. The second-order valence-electron chi connectivity index (χ2n) is 4.66.